The first kappa shape index (κ1) is 15.4. The Hall–Kier alpha value is 3.93. The molecule has 5 nitrogen and oxygen atoms in total. The topological polar surface area (TPSA) is 74.8 Å². The summed E-state index contributed by atoms with van der Waals surface area (Å²) in [5, 5.41) is 0. The molecule has 1 atom stereocenters. The van der Waals surface area contributed by atoms with Crippen LogP contribution in [0.3, 0.4) is 0 Å². The van der Waals surface area contributed by atoms with Crippen molar-refractivity contribution < 1.29 is 23.4 Å². The summed E-state index contributed by atoms with van der Waals surface area (Å²) in [4.78, 5) is 16.8. The van der Waals surface area contributed by atoms with Gasteiger partial charge in [-0.05, 0) is 0 Å². The van der Waals surface area contributed by atoms with Gasteiger partial charge in [-0.1, -0.05) is 0 Å². The molecule has 0 saturated carbocycles. The fourth-order valence-corrected chi connectivity index (χ4v) is 0.707. The summed E-state index contributed by atoms with van der Waals surface area (Å²) < 4.78 is 11.4. The van der Waals surface area contributed by atoms with Gasteiger partial charge in [0.05, 0.1) is 0 Å². The summed E-state index contributed by atoms with van der Waals surface area (Å²) in [6.07, 6.45) is 0. The van der Waals surface area contributed by atoms with Crippen molar-refractivity contribution in [2.75, 3.05) is 0 Å². The van der Waals surface area contributed by atoms with Gasteiger partial charge in [0, 0.05) is 0 Å². The van der Waals surface area contributed by atoms with Gasteiger partial charge >= 0.3 is 143 Å². The molecule has 9 heavy (non-hydrogen) atoms. The van der Waals surface area contributed by atoms with Crippen LogP contribution in [0, 0.1) is 0 Å². The Morgan fingerprint density at radius 3 is 1.56 bits per heavy atom. The van der Waals surface area contributed by atoms with E-state index in [1.54, 1.807) is 9.47 Å². The molecule has 0 bridgehead atoms. The Labute approximate surface area is 140 Å². The number of rotatable bonds is 1. The second-order valence-electron chi connectivity index (χ2n) is 1.06. The SMILES string of the molecule is OP1(O)(OP)OO1.[KH].[KH]. The first-order valence-corrected chi connectivity index (χ1v) is 3.72. The molecule has 2 N–H and O–H groups in total. The zero-order chi connectivity index (χ0) is 5.57. The third-order valence-corrected chi connectivity index (χ3v) is 2.43. The molecule has 1 fully saturated rings. The van der Waals surface area contributed by atoms with Crippen LogP contribution in [0.25, 0.3) is 0 Å². The second kappa shape index (κ2) is 4.97. The third kappa shape index (κ3) is 5.28. The summed E-state index contributed by atoms with van der Waals surface area (Å²) in [6, 6.07) is 0. The van der Waals surface area contributed by atoms with E-state index in [0.717, 1.165) is 0 Å². The molecule has 1 aliphatic rings. The zero-order valence-corrected chi connectivity index (χ0v) is 5.19. The molecule has 0 aliphatic carbocycles. The molecule has 1 aliphatic heterocycles. The van der Waals surface area contributed by atoms with Crippen molar-refractivity contribution in [3.05, 3.63) is 0 Å². The number of hydrogen-bond donors (Lipinski definition) is 2. The van der Waals surface area contributed by atoms with Crippen molar-refractivity contribution in [1.82, 2.24) is 0 Å². The van der Waals surface area contributed by atoms with Gasteiger partial charge in [-0.2, -0.15) is 0 Å². The maximum absolute atomic E-state index is 8.40. The van der Waals surface area contributed by atoms with Gasteiger partial charge < -0.3 is 0 Å². The Morgan fingerprint density at radius 1 is 1.22 bits per heavy atom. The normalized spacial score (nSPS) is 29.9. The molecule has 1 heterocycles. The Bertz CT molecular complexity index is 95.1. The van der Waals surface area contributed by atoms with Crippen molar-refractivity contribution in [3.8, 4) is 0 Å². The minimum absolute atomic E-state index is 0. The summed E-state index contributed by atoms with van der Waals surface area (Å²) in [6.45, 7) is 0. The molecule has 0 spiro atoms. The van der Waals surface area contributed by atoms with E-state index in [-0.39, 0.29) is 103 Å². The van der Waals surface area contributed by atoms with Crippen molar-refractivity contribution in [1.29, 1.82) is 0 Å². The standard InChI is InChI=1S/2K.H4O5P2.2H/c;;1-7(2,5-6)3-4-7;;/h;;1-2H,6H2;;. The van der Waals surface area contributed by atoms with E-state index in [1.165, 1.54) is 0 Å². The van der Waals surface area contributed by atoms with Crippen LogP contribution in [-0.2, 0) is 13.7 Å². The summed E-state index contributed by atoms with van der Waals surface area (Å²) in [5.74, 6) is 0. The molecule has 0 radical (unpaired) electrons. The molecule has 0 aromatic rings. The quantitative estimate of drug-likeness (QED) is 0.248. The van der Waals surface area contributed by atoms with Crippen LogP contribution >= 0.6 is 17.2 Å². The van der Waals surface area contributed by atoms with Crippen LogP contribution in [0.2, 0.25) is 0 Å². The zero-order valence-electron chi connectivity index (χ0n) is 3.14. The minimum atomic E-state index is -4.36. The molecule has 48 valence electrons. The van der Waals surface area contributed by atoms with Gasteiger partial charge in [0.2, 0.25) is 0 Å². The molecule has 1 unspecified atom stereocenters. The van der Waals surface area contributed by atoms with Crippen molar-refractivity contribution >= 4 is 120 Å². The van der Waals surface area contributed by atoms with E-state index in [2.05, 4.69) is 13.7 Å². The van der Waals surface area contributed by atoms with Crippen molar-refractivity contribution in [2.24, 2.45) is 0 Å². The first-order valence-electron chi connectivity index (χ1n) is 1.35. The maximum atomic E-state index is 8.40. The third-order valence-electron chi connectivity index (χ3n) is 0.449. The average molecular weight is 226 g/mol. The Kier molecular flexibility index (Phi) is 8.52. The molecular formula is H6K2O5P2. The fraction of sp³-hybridized carbons (Fsp3) is 0. The van der Waals surface area contributed by atoms with Gasteiger partial charge in [0.1, 0.15) is 0 Å². The molecule has 1 saturated heterocycles. The second-order valence-corrected chi connectivity index (χ2v) is 3.80. The van der Waals surface area contributed by atoms with Crippen LogP contribution in [0.1, 0.15) is 0 Å². The van der Waals surface area contributed by atoms with E-state index in [9.17, 15) is 0 Å². The average Bonchev–Trinajstić information content (AvgIpc) is 2.20. The number of hydrogen-bond acceptors (Lipinski definition) is 5. The summed E-state index contributed by atoms with van der Waals surface area (Å²) >= 11 is 0. The van der Waals surface area contributed by atoms with E-state index >= 15 is 0 Å². The van der Waals surface area contributed by atoms with E-state index in [4.69, 9.17) is 9.79 Å². The van der Waals surface area contributed by atoms with Crippen LogP contribution in [0.5, 0.6) is 0 Å². The van der Waals surface area contributed by atoms with Crippen molar-refractivity contribution in [2.45, 2.75) is 0 Å². The van der Waals surface area contributed by atoms with Gasteiger partial charge in [-0.3, -0.25) is 0 Å². The molecular weight excluding hydrogens is 220 g/mol. The Balaban J connectivity index is 0. The van der Waals surface area contributed by atoms with Crippen molar-refractivity contribution in [3.63, 3.8) is 0 Å². The summed E-state index contributed by atoms with van der Waals surface area (Å²) in [7, 11) is -2.74. The molecule has 1 rings (SSSR count). The predicted octanol–water partition coefficient (Wildman–Crippen LogP) is -1.43. The van der Waals surface area contributed by atoms with Gasteiger partial charge in [-0.15, -0.1) is 0 Å². The van der Waals surface area contributed by atoms with E-state index < -0.39 is 7.74 Å². The predicted molar refractivity (Wildman–Crippen MR) is 38.6 cm³/mol. The van der Waals surface area contributed by atoms with Crippen LogP contribution < -0.4 is 0 Å². The van der Waals surface area contributed by atoms with E-state index in [0.29, 0.717) is 0 Å². The first-order chi connectivity index (χ1) is 3.05. The van der Waals surface area contributed by atoms with Crippen LogP contribution in [0.4, 0.5) is 0 Å². The molecule has 0 aromatic heterocycles. The molecule has 0 amide bonds. The summed E-state index contributed by atoms with van der Waals surface area (Å²) in [5.41, 5.74) is 0. The monoisotopic (exact) mass is 226 g/mol. The fourth-order valence-electron chi connectivity index (χ4n) is 0.0786. The van der Waals surface area contributed by atoms with Gasteiger partial charge in [0.15, 0.2) is 0 Å². The Morgan fingerprint density at radius 2 is 1.56 bits per heavy atom. The van der Waals surface area contributed by atoms with Gasteiger partial charge in [0.25, 0.3) is 0 Å². The molecule has 0 aromatic carbocycles. The van der Waals surface area contributed by atoms with Crippen LogP contribution in [-0.4, -0.2) is 113 Å². The van der Waals surface area contributed by atoms with Crippen LogP contribution in [0.15, 0.2) is 0 Å². The molecule has 9 heteroatoms. The van der Waals surface area contributed by atoms with Gasteiger partial charge in [-0.25, -0.2) is 0 Å². The van der Waals surface area contributed by atoms with E-state index in [1.807, 2.05) is 0 Å².